The van der Waals surface area contributed by atoms with E-state index in [4.69, 9.17) is 21.1 Å². The van der Waals surface area contributed by atoms with Crippen LogP contribution in [0, 0.1) is 10.1 Å². The highest BCUT2D eigenvalue weighted by atomic mass is 35.5. The Morgan fingerprint density at radius 3 is 2.54 bits per heavy atom. The van der Waals surface area contributed by atoms with Gasteiger partial charge in [0.25, 0.3) is 11.6 Å². The van der Waals surface area contributed by atoms with E-state index in [0.717, 1.165) is 0 Å². The lowest BCUT2D eigenvalue weighted by Gasteiger charge is -2.13. The Labute approximate surface area is 153 Å². The summed E-state index contributed by atoms with van der Waals surface area (Å²) in [5, 5.41) is 13.4. The van der Waals surface area contributed by atoms with Crippen molar-refractivity contribution in [2.75, 3.05) is 11.9 Å². The number of amides is 1. The van der Waals surface area contributed by atoms with E-state index in [-0.39, 0.29) is 17.3 Å². The molecule has 1 aromatic heterocycles. The molecule has 1 atom stereocenters. The van der Waals surface area contributed by atoms with Gasteiger partial charge < -0.3 is 14.8 Å². The minimum atomic E-state index is -1.07. The largest absolute Gasteiger partial charge is 0.482 e. The normalized spacial score (nSPS) is 11.3. The SMILES string of the molecule is C[C@H](OC(=O)COc1ccc([N+](=O)[O-])cc1)C(=O)Nc1ccc(Cl)cn1. The van der Waals surface area contributed by atoms with Crippen LogP contribution in [0.4, 0.5) is 11.5 Å². The molecule has 0 aliphatic rings. The lowest BCUT2D eigenvalue weighted by molar-refractivity contribution is -0.384. The van der Waals surface area contributed by atoms with Gasteiger partial charge in [-0.3, -0.25) is 14.9 Å². The van der Waals surface area contributed by atoms with Crippen LogP contribution in [0.1, 0.15) is 6.92 Å². The Morgan fingerprint density at radius 2 is 1.96 bits per heavy atom. The van der Waals surface area contributed by atoms with E-state index in [0.29, 0.717) is 5.02 Å². The molecule has 0 unspecified atom stereocenters. The number of halogens is 1. The first-order valence-corrected chi connectivity index (χ1v) is 7.72. The number of hydrogen-bond donors (Lipinski definition) is 1. The van der Waals surface area contributed by atoms with Crippen molar-refractivity contribution < 1.29 is 24.0 Å². The van der Waals surface area contributed by atoms with E-state index in [1.807, 2.05) is 0 Å². The highest BCUT2D eigenvalue weighted by Gasteiger charge is 2.18. The molecule has 1 heterocycles. The summed E-state index contributed by atoms with van der Waals surface area (Å²) >= 11 is 5.70. The van der Waals surface area contributed by atoms with Crippen LogP contribution in [0.5, 0.6) is 5.75 Å². The van der Waals surface area contributed by atoms with Crippen molar-refractivity contribution in [3.63, 3.8) is 0 Å². The summed E-state index contributed by atoms with van der Waals surface area (Å²) in [6.45, 7) is 0.948. The number of aromatic nitrogens is 1. The summed E-state index contributed by atoms with van der Waals surface area (Å²) in [5.74, 6) is -0.807. The monoisotopic (exact) mass is 379 g/mol. The van der Waals surface area contributed by atoms with Gasteiger partial charge in [0, 0.05) is 18.3 Å². The second-order valence-corrected chi connectivity index (χ2v) is 5.46. The summed E-state index contributed by atoms with van der Waals surface area (Å²) in [4.78, 5) is 37.6. The number of carbonyl (C=O) groups is 2. The quantitative estimate of drug-likeness (QED) is 0.445. The molecular weight excluding hydrogens is 366 g/mol. The van der Waals surface area contributed by atoms with Crippen molar-refractivity contribution in [1.29, 1.82) is 0 Å². The van der Waals surface area contributed by atoms with Gasteiger partial charge in [0.05, 0.1) is 9.95 Å². The zero-order chi connectivity index (χ0) is 19.1. The van der Waals surface area contributed by atoms with Crippen LogP contribution in [-0.4, -0.2) is 34.5 Å². The van der Waals surface area contributed by atoms with Crippen LogP contribution in [0.25, 0.3) is 0 Å². The Hall–Kier alpha value is -3.20. The Balaban J connectivity index is 1.79. The smallest absolute Gasteiger partial charge is 0.344 e. The summed E-state index contributed by atoms with van der Waals surface area (Å²) < 4.78 is 10.1. The number of nitro groups is 1. The molecule has 10 heteroatoms. The van der Waals surface area contributed by atoms with Crippen LogP contribution in [0.3, 0.4) is 0 Å². The zero-order valence-electron chi connectivity index (χ0n) is 13.5. The molecule has 0 saturated heterocycles. The number of carbonyl (C=O) groups excluding carboxylic acids is 2. The summed E-state index contributed by atoms with van der Waals surface area (Å²) in [6.07, 6.45) is 0.298. The minimum Gasteiger partial charge on any atom is -0.482 e. The van der Waals surface area contributed by atoms with Crippen LogP contribution in [0.2, 0.25) is 5.02 Å². The van der Waals surface area contributed by atoms with E-state index >= 15 is 0 Å². The molecule has 2 rings (SSSR count). The maximum atomic E-state index is 11.9. The standard InChI is InChI=1S/C16H14ClN3O6/c1-10(16(22)19-14-7-2-11(17)8-18-14)26-15(21)9-25-13-5-3-12(4-6-13)20(23)24/h2-8,10H,9H2,1H3,(H,18,19,22)/t10-/m0/s1. The van der Waals surface area contributed by atoms with Gasteiger partial charge in [0.2, 0.25) is 0 Å². The number of hydrogen-bond acceptors (Lipinski definition) is 7. The summed E-state index contributed by atoms with van der Waals surface area (Å²) in [7, 11) is 0. The number of ether oxygens (including phenoxy) is 2. The van der Waals surface area contributed by atoms with Crippen LogP contribution in [0.15, 0.2) is 42.6 Å². The number of rotatable bonds is 7. The van der Waals surface area contributed by atoms with Crippen molar-refractivity contribution in [2.45, 2.75) is 13.0 Å². The van der Waals surface area contributed by atoms with Gasteiger partial charge in [-0.25, -0.2) is 9.78 Å². The molecule has 0 aliphatic carbocycles. The number of benzene rings is 1. The molecule has 1 amide bonds. The van der Waals surface area contributed by atoms with E-state index in [1.54, 1.807) is 6.07 Å². The molecule has 0 aliphatic heterocycles. The van der Waals surface area contributed by atoms with Gasteiger partial charge in [-0.2, -0.15) is 0 Å². The second-order valence-electron chi connectivity index (χ2n) is 5.02. The Morgan fingerprint density at radius 1 is 1.27 bits per heavy atom. The van der Waals surface area contributed by atoms with Crippen molar-refractivity contribution in [3.8, 4) is 5.75 Å². The maximum Gasteiger partial charge on any atom is 0.344 e. The lowest BCUT2D eigenvalue weighted by Crippen LogP contribution is -2.31. The van der Waals surface area contributed by atoms with Gasteiger partial charge in [0.15, 0.2) is 12.7 Å². The van der Waals surface area contributed by atoms with Gasteiger partial charge >= 0.3 is 5.97 Å². The van der Waals surface area contributed by atoms with E-state index in [2.05, 4.69) is 10.3 Å². The van der Waals surface area contributed by atoms with Crippen molar-refractivity contribution in [3.05, 3.63) is 57.7 Å². The van der Waals surface area contributed by atoms with Crippen molar-refractivity contribution >= 4 is 35.0 Å². The van der Waals surface area contributed by atoms with Gasteiger partial charge in [0.1, 0.15) is 11.6 Å². The number of non-ortho nitro benzene ring substituents is 1. The highest BCUT2D eigenvalue weighted by molar-refractivity contribution is 6.30. The lowest BCUT2D eigenvalue weighted by atomic mass is 10.3. The fraction of sp³-hybridized carbons (Fsp3) is 0.188. The van der Waals surface area contributed by atoms with Crippen LogP contribution in [-0.2, 0) is 14.3 Å². The molecule has 0 spiro atoms. The van der Waals surface area contributed by atoms with Gasteiger partial charge in [-0.05, 0) is 31.2 Å². The zero-order valence-corrected chi connectivity index (χ0v) is 14.3. The molecule has 0 saturated carbocycles. The summed E-state index contributed by atoms with van der Waals surface area (Å²) in [5.41, 5.74) is -0.0963. The molecular formula is C16H14ClN3O6. The topological polar surface area (TPSA) is 121 Å². The van der Waals surface area contributed by atoms with E-state index in [9.17, 15) is 19.7 Å². The number of nitrogens with one attached hydrogen (secondary N) is 1. The molecule has 2 aromatic rings. The summed E-state index contributed by atoms with van der Waals surface area (Å²) in [6, 6.07) is 8.26. The first-order chi connectivity index (χ1) is 12.3. The Kier molecular flexibility index (Phi) is 6.45. The average molecular weight is 380 g/mol. The average Bonchev–Trinajstić information content (AvgIpc) is 2.62. The number of esters is 1. The number of pyridine rings is 1. The van der Waals surface area contributed by atoms with E-state index < -0.39 is 29.5 Å². The number of nitrogens with zero attached hydrogens (tertiary/aromatic N) is 2. The maximum absolute atomic E-state index is 11.9. The number of anilines is 1. The second kappa shape index (κ2) is 8.77. The highest BCUT2D eigenvalue weighted by Crippen LogP contribution is 2.17. The molecule has 9 nitrogen and oxygen atoms in total. The van der Waals surface area contributed by atoms with E-state index in [1.165, 1.54) is 43.5 Å². The van der Waals surface area contributed by atoms with Gasteiger partial charge in [-0.15, -0.1) is 0 Å². The molecule has 0 bridgehead atoms. The first kappa shape index (κ1) is 19.1. The molecule has 1 aromatic carbocycles. The number of nitro benzene ring substituents is 1. The minimum absolute atomic E-state index is 0.0963. The fourth-order valence-electron chi connectivity index (χ4n) is 1.77. The molecule has 0 fully saturated rings. The third-order valence-electron chi connectivity index (χ3n) is 3.06. The van der Waals surface area contributed by atoms with Crippen LogP contribution >= 0.6 is 11.6 Å². The predicted octanol–water partition coefficient (Wildman–Crippen LogP) is 2.59. The third-order valence-corrected chi connectivity index (χ3v) is 3.28. The van der Waals surface area contributed by atoms with Gasteiger partial charge in [-0.1, -0.05) is 11.6 Å². The van der Waals surface area contributed by atoms with Crippen LogP contribution < -0.4 is 10.1 Å². The molecule has 0 radical (unpaired) electrons. The predicted molar refractivity (Wildman–Crippen MR) is 92.0 cm³/mol. The molecule has 26 heavy (non-hydrogen) atoms. The van der Waals surface area contributed by atoms with Crippen molar-refractivity contribution in [2.24, 2.45) is 0 Å². The van der Waals surface area contributed by atoms with Crippen molar-refractivity contribution in [1.82, 2.24) is 4.98 Å². The molecule has 1 N–H and O–H groups in total. The molecule has 136 valence electrons. The Bertz CT molecular complexity index is 795. The fourth-order valence-corrected chi connectivity index (χ4v) is 1.88. The third kappa shape index (κ3) is 5.71. The first-order valence-electron chi connectivity index (χ1n) is 7.34.